The molecule has 0 spiro atoms. The lowest BCUT2D eigenvalue weighted by atomic mass is 10.1. The van der Waals surface area contributed by atoms with E-state index in [9.17, 15) is 9.90 Å². The van der Waals surface area contributed by atoms with Crippen molar-refractivity contribution in [2.24, 2.45) is 0 Å². The predicted octanol–water partition coefficient (Wildman–Crippen LogP) is 1.58. The Hall–Kier alpha value is -1.27. The number of aliphatic carboxylic acids is 1. The molecule has 1 atom stereocenters. The average Bonchev–Trinajstić information content (AvgIpc) is 2.27. The number of halogens is 1. The Morgan fingerprint density at radius 2 is 1.88 bits per heavy atom. The van der Waals surface area contributed by atoms with Gasteiger partial charge in [-0.2, -0.15) is 0 Å². The second-order valence-electron chi connectivity index (χ2n) is 2.94. The molecular formula is C10H11BrO5. The number of carbonyl (C=O) groups is 1. The van der Waals surface area contributed by atoms with Gasteiger partial charge in [-0.15, -0.1) is 0 Å². The summed E-state index contributed by atoms with van der Waals surface area (Å²) in [5, 5.41) is 18.2. The minimum atomic E-state index is -1.64. The van der Waals surface area contributed by atoms with E-state index in [-0.39, 0.29) is 11.3 Å². The minimum absolute atomic E-state index is 0.148. The third kappa shape index (κ3) is 2.28. The lowest BCUT2D eigenvalue weighted by Gasteiger charge is -2.15. The Morgan fingerprint density at radius 1 is 1.31 bits per heavy atom. The molecule has 5 nitrogen and oxygen atoms in total. The predicted molar refractivity (Wildman–Crippen MR) is 59.8 cm³/mol. The Morgan fingerprint density at radius 3 is 2.31 bits per heavy atom. The fraction of sp³-hybridized carbons (Fsp3) is 0.300. The van der Waals surface area contributed by atoms with E-state index < -0.39 is 12.1 Å². The number of ether oxygens (including phenoxy) is 2. The van der Waals surface area contributed by atoms with Crippen molar-refractivity contribution in [3.05, 3.63) is 22.2 Å². The zero-order valence-electron chi connectivity index (χ0n) is 8.73. The Bertz CT molecular complexity index is 404. The molecule has 0 fully saturated rings. The fourth-order valence-electron chi connectivity index (χ4n) is 1.30. The zero-order chi connectivity index (χ0) is 12.3. The molecule has 6 heteroatoms. The van der Waals surface area contributed by atoms with Gasteiger partial charge in [0.15, 0.2) is 17.6 Å². The topological polar surface area (TPSA) is 76.0 Å². The summed E-state index contributed by atoms with van der Waals surface area (Å²) in [6.07, 6.45) is -1.64. The van der Waals surface area contributed by atoms with Gasteiger partial charge in [0.1, 0.15) is 0 Å². The van der Waals surface area contributed by atoms with Crippen molar-refractivity contribution in [3.63, 3.8) is 0 Å². The van der Waals surface area contributed by atoms with E-state index >= 15 is 0 Å². The highest BCUT2D eigenvalue weighted by Gasteiger charge is 2.24. The van der Waals surface area contributed by atoms with Gasteiger partial charge in [-0.3, -0.25) is 0 Å². The summed E-state index contributed by atoms with van der Waals surface area (Å²) in [5.74, 6) is -0.797. The van der Waals surface area contributed by atoms with Gasteiger partial charge in [-0.1, -0.05) is 6.07 Å². The average molecular weight is 291 g/mol. The molecule has 0 amide bonds. The van der Waals surface area contributed by atoms with Crippen molar-refractivity contribution >= 4 is 21.9 Å². The molecule has 1 aromatic carbocycles. The molecule has 0 aliphatic rings. The monoisotopic (exact) mass is 290 g/mol. The van der Waals surface area contributed by atoms with Crippen molar-refractivity contribution in [3.8, 4) is 11.5 Å². The van der Waals surface area contributed by atoms with Crippen molar-refractivity contribution in [2.45, 2.75) is 6.10 Å². The first-order valence-electron chi connectivity index (χ1n) is 4.34. The molecule has 0 bridgehead atoms. The number of rotatable bonds is 4. The maximum Gasteiger partial charge on any atom is 0.337 e. The van der Waals surface area contributed by atoms with Gasteiger partial charge in [0.2, 0.25) is 0 Å². The largest absolute Gasteiger partial charge is 0.492 e. The highest BCUT2D eigenvalue weighted by molar-refractivity contribution is 9.10. The first kappa shape index (κ1) is 12.8. The van der Waals surface area contributed by atoms with Gasteiger partial charge >= 0.3 is 5.97 Å². The number of methoxy groups -OCH3 is 2. The molecule has 0 saturated heterocycles. The van der Waals surface area contributed by atoms with Gasteiger partial charge in [-0.05, 0) is 22.0 Å². The van der Waals surface area contributed by atoms with Crippen LogP contribution in [-0.2, 0) is 4.79 Å². The van der Waals surface area contributed by atoms with Crippen LogP contribution in [0, 0.1) is 0 Å². The first-order chi connectivity index (χ1) is 7.52. The fourth-order valence-corrected chi connectivity index (χ4v) is 1.78. The number of carboxylic acid groups (broad SMARTS) is 1. The Balaban J connectivity index is 3.35. The normalized spacial score (nSPS) is 12.0. The Kier molecular flexibility index (Phi) is 4.14. The van der Waals surface area contributed by atoms with E-state index in [0.29, 0.717) is 10.2 Å². The molecule has 1 rings (SSSR count). The van der Waals surface area contributed by atoms with Crippen molar-refractivity contribution in [2.75, 3.05) is 14.2 Å². The minimum Gasteiger partial charge on any atom is -0.492 e. The molecule has 0 aliphatic carbocycles. The maximum absolute atomic E-state index is 10.7. The van der Waals surface area contributed by atoms with Gasteiger partial charge in [0, 0.05) is 5.56 Å². The van der Waals surface area contributed by atoms with Gasteiger partial charge < -0.3 is 19.7 Å². The standard InChI is InChI=1S/C10H11BrO5/c1-15-8-5(7(12)10(13)14)3-4-6(11)9(8)16-2/h3-4,7,12H,1-2H3,(H,13,14). The number of aliphatic hydroxyl groups excluding tert-OH is 1. The number of hydrogen-bond acceptors (Lipinski definition) is 4. The molecule has 16 heavy (non-hydrogen) atoms. The number of carboxylic acids is 1. The molecule has 2 N–H and O–H groups in total. The molecular weight excluding hydrogens is 280 g/mol. The Labute approximate surface area is 101 Å². The van der Waals surface area contributed by atoms with Crippen LogP contribution in [0.25, 0.3) is 0 Å². The second-order valence-corrected chi connectivity index (χ2v) is 3.80. The van der Waals surface area contributed by atoms with E-state index in [1.54, 1.807) is 6.07 Å². The van der Waals surface area contributed by atoms with Crippen LogP contribution in [0.4, 0.5) is 0 Å². The van der Waals surface area contributed by atoms with E-state index in [1.807, 2.05) is 0 Å². The van der Waals surface area contributed by atoms with Crippen LogP contribution < -0.4 is 9.47 Å². The van der Waals surface area contributed by atoms with Crippen LogP contribution in [0.3, 0.4) is 0 Å². The van der Waals surface area contributed by atoms with Crippen LogP contribution in [-0.4, -0.2) is 30.4 Å². The van der Waals surface area contributed by atoms with Crippen molar-refractivity contribution < 1.29 is 24.5 Å². The number of hydrogen-bond donors (Lipinski definition) is 2. The number of aliphatic hydroxyl groups is 1. The van der Waals surface area contributed by atoms with Crippen LogP contribution in [0.15, 0.2) is 16.6 Å². The quantitative estimate of drug-likeness (QED) is 0.881. The highest BCUT2D eigenvalue weighted by atomic mass is 79.9. The van der Waals surface area contributed by atoms with Crippen LogP contribution in [0.1, 0.15) is 11.7 Å². The molecule has 1 unspecified atom stereocenters. The summed E-state index contributed by atoms with van der Waals surface area (Å²) in [4.78, 5) is 10.7. The van der Waals surface area contributed by atoms with Gasteiger partial charge in [0.25, 0.3) is 0 Å². The van der Waals surface area contributed by atoms with Crippen molar-refractivity contribution in [1.29, 1.82) is 0 Å². The molecule has 0 heterocycles. The van der Waals surface area contributed by atoms with Crippen LogP contribution >= 0.6 is 15.9 Å². The second kappa shape index (κ2) is 5.18. The maximum atomic E-state index is 10.7. The van der Waals surface area contributed by atoms with E-state index in [4.69, 9.17) is 14.6 Å². The van der Waals surface area contributed by atoms with Crippen LogP contribution in [0.2, 0.25) is 0 Å². The molecule has 0 saturated carbocycles. The molecule has 0 aliphatic heterocycles. The molecule has 0 radical (unpaired) electrons. The summed E-state index contributed by atoms with van der Waals surface area (Å²) >= 11 is 3.23. The number of benzene rings is 1. The van der Waals surface area contributed by atoms with E-state index in [2.05, 4.69) is 15.9 Å². The van der Waals surface area contributed by atoms with E-state index in [0.717, 1.165) is 0 Å². The summed E-state index contributed by atoms with van der Waals surface area (Å²) < 4.78 is 10.7. The SMILES string of the molecule is COc1c(Br)ccc(C(O)C(=O)O)c1OC. The van der Waals surface area contributed by atoms with Crippen molar-refractivity contribution in [1.82, 2.24) is 0 Å². The summed E-state index contributed by atoms with van der Waals surface area (Å²) in [7, 11) is 2.81. The van der Waals surface area contributed by atoms with E-state index in [1.165, 1.54) is 20.3 Å². The molecule has 1 aromatic rings. The lowest BCUT2D eigenvalue weighted by molar-refractivity contribution is -0.147. The van der Waals surface area contributed by atoms with Crippen LogP contribution in [0.5, 0.6) is 11.5 Å². The summed E-state index contributed by atoms with van der Waals surface area (Å²) in [5.41, 5.74) is 0.148. The molecule has 88 valence electrons. The smallest absolute Gasteiger partial charge is 0.337 e. The third-order valence-corrected chi connectivity index (χ3v) is 2.66. The van der Waals surface area contributed by atoms with Gasteiger partial charge in [0.05, 0.1) is 18.7 Å². The third-order valence-electron chi connectivity index (χ3n) is 2.03. The van der Waals surface area contributed by atoms with Gasteiger partial charge in [-0.25, -0.2) is 4.79 Å². The summed E-state index contributed by atoms with van der Waals surface area (Å²) in [6.45, 7) is 0. The highest BCUT2D eigenvalue weighted by Crippen LogP contribution is 2.40. The summed E-state index contributed by atoms with van der Waals surface area (Å²) in [6, 6.07) is 3.05. The zero-order valence-corrected chi connectivity index (χ0v) is 10.3. The molecule has 0 aromatic heterocycles. The first-order valence-corrected chi connectivity index (χ1v) is 5.13. The lowest BCUT2D eigenvalue weighted by Crippen LogP contribution is -2.12.